The van der Waals surface area contributed by atoms with Crippen molar-refractivity contribution in [3.05, 3.63) is 82.5 Å². The third kappa shape index (κ3) is 4.12. The van der Waals surface area contributed by atoms with E-state index in [4.69, 9.17) is 9.47 Å². The Morgan fingerprint density at radius 2 is 1.53 bits per heavy atom. The maximum atomic E-state index is 13.4. The molecule has 6 heteroatoms. The van der Waals surface area contributed by atoms with Crippen molar-refractivity contribution in [2.75, 3.05) is 13.2 Å². The maximum Gasteiger partial charge on any atom is 0.240 e. The Morgan fingerprint density at radius 3 is 2.18 bits per heavy atom. The average molecular weight is 457 g/mol. The van der Waals surface area contributed by atoms with Crippen LogP contribution in [0.25, 0.3) is 21.8 Å². The van der Waals surface area contributed by atoms with E-state index in [1.54, 1.807) is 0 Å². The van der Waals surface area contributed by atoms with E-state index >= 15 is 0 Å². The van der Waals surface area contributed by atoms with E-state index < -0.39 is 0 Å². The van der Waals surface area contributed by atoms with Crippen LogP contribution in [0, 0.1) is 5.92 Å². The molecule has 1 atom stereocenters. The number of para-hydroxylation sites is 2. The molecular weight excluding hydrogens is 428 g/mol. The molecule has 0 saturated carbocycles. The fourth-order valence-corrected chi connectivity index (χ4v) is 4.62. The molecule has 5 rings (SSSR count). The minimum absolute atomic E-state index is 0.0184. The summed E-state index contributed by atoms with van der Waals surface area (Å²) in [6, 6.07) is 20.6. The van der Waals surface area contributed by atoms with Gasteiger partial charge in [0.1, 0.15) is 6.54 Å². The van der Waals surface area contributed by atoms with Crippen LogP contribution in [0.1, 0.15) is 31.9 Å². The van der Waals surface area contributed by atoms with E-state index in [1.165, 1.54) is 0 Å². The van der Waals surface area contributed by atoms with Crippen LogP contribution in [0.4, 0.5) is 0 Å². The number of hydrogen-bond donors (Lipinski definition) is 1. The molecule has 6 nitrogen and oxygen atoms in total. The van der Waals surface area contributed by atoms with Crippen LogP contribution >= 0.6 is 0 Å². The highest BCUT2D eigenvalue weighted by atomic mass is 16.5. The summed E-state index contributed by atoms with van der Waals surface area (Å²) in [5.74, 6) is 1.49. The Balaban J connectivity index is 1.48. The fraction of sp³-hybridized carbons (Fsp3) is 0.286. The first-order valence-corrected chi connectivity index (χ1v) is 11.7. The minimum atomic E-state index is -0.193. The average Bonchev–Trinajstić information content (AvgIpc) is 3.10. The van der Waals surface area contributed by atoms with Crippen LogP contribution in [0.5, 0.6) is 11.5 Å². The summed E-state index contributed by atoms with van der Waals surface area (Å²) in [6.07, 6.45) is 0.843. The summed E-state index contributed by atoms with van der Waals surface area (Å²) in [6.45, 7) is 5.52. The number of benzene rings is 3. The van der Waals surface area contributed by atoms with Gasteiger partial charge in [-0.1, -0.05) is 44.2 Å². The monoisotopic (exact) mass is 456 g/mol. The van der Waals surface area contributed by atoms with Gasteiger partial charge in [-0.2, -0.15) is 0 Å². The SMILES string of the molecule is CC(C)C(NC(=O)Cn1c2ccccc2c(=O)c2ccccc21)c1ccc2c(c1)OCCCO2. The first-order chi connectivity index (χ1) is 16.5. The van der Waals surface area contributed by atoms with Gasteiger partial charge >= 0.3 is 0 Å². The molecule has 1 amide bonds. The van der Waals surface area contributed by atoms with Gasteiger partial charge in [0.05, 0.1) is 30.3 Å². The van der Waals surface area contributed by atoms with Gasteiger partial charge < -0.3 is 19.4 Å². The molecule has 4 aromatic rings. The third-order valence-electron chi connectivity index (χ3n) is 6.29. The van der Waals surface area contributed by atoms with E-state index in [2.05, 4.69) is 19.2 Å². The standard InChI is InChI=1S/C28H28N2O4/c1-18(2)27(19-12-13-24-25(16-19)34-15-7-14-33-24)29-26(31)17-30-22-10-5-3-8-20(22)28(32)21-9-4-6-11-23(21)30/h3-6,8-13,16,18,27H,7,14-15,17H2,1-2H3,(H,29,31). The Kier molecular flexibility index (Phi) is 5.97. The van der Waals surface area contributed by atoms with Crippen LogP contribution < -0.4 is 20.2 Å². The second-order valence-corrected chi connectivity index (χ2v) is 9.00. The van der Waals surface area contributed by atoms with Crippen molar-refractivity contribution >= 4 is 27.7 Å². The number of amides is 1. The molecule has 174 valence electrons. The molecule has 3 aromatic carbocycles. The van der Waals surface area contributed by atoms with E-state index in [1.807, 2.05) is 71.3 Å². The van der Waals surface area contributed by atoms with E-state index in [9.17, 15) is 9.59 Å². The number of nitrogens with zero attached hydrogens (tertiary/aromatic N) is 1. The predicted octanol–water partition coefficient (Wildman–Crippen LogP) is 4.83. The van der Waals surface area contributed by atoms with E-state index in [0.717, 1.165) is 28.8 Å². The topological polar surface area (TPSA) is 69.6 Å². The highest BCUT2D eigenvalue weighted by Gasteiger charge is 2.22. The Bertz CT molecular complexity index is 1360. The molecule has 34 heavy (non-hydrogen) atoms. The zero-order chi connectivity index (χ0) is 23.7. The molecule has 1 unspecified atom stereocenters. The lowest BCUT2D eigenvalue weighted by Crippen LogP contribution is -2.34. The Morgan fingerprint density at radius 1 is 0.912 bits per heavy atom. The van der Waals surface area contributed by atoms with Gasteiger partial charge in [0, 0.05) is 17.2 Å². The summed E-state index contributed by atoms with van der Waals surface area (Å²) in [4.78, 5) is 26.3. The van der Waals surface area contributed by atoms with Crippen LogP contribution in [-0.4, -0.2) is 23.7 Å². The first kappa shape index (κ1) is 22.0. The molecule has 1 aromatic heterocycles. The van der Waals surface area contributed by atoms with Gasteiger partial charge in [0.25, 0.3) is 0 Å². The quantitative estimate of drug-likeness (QED) is 0.437. The molecule has 1 aliphatic heterocycles. The van der Waals surface area contributed by atoms with Crippen molar-refractivity contribution in [2.24, 2.45) is 5.92 Å². The molecule has 1 N–H and O–H groups in total. The smallest absolute Gasteiger partial charge is 0.240 e. The first-order valence-electron chi connectivity index (χ1n) is 11.7. The number of pyridine rings is 1. The van der Waals surface area contributed by atoms with Crippen molar-refractivity contribution < 1.29 is 14.3 Å². The minimum Gasteiger partial charge on any atom is -0.490 e. The highest BCUT2D eigenvalue weighted by Crippen LogP contribution is 2.34. The van der Waals surface area contributed by atoms with Crippen molar-refractivity contribution in [3.63, 3.8) is 0 Å². The van der Waals surface area contributed by atoms with Crippen molar-refractivity contribution in [3.8, 4) is 11.5 Å². The molecule has 2 heterocycles. The largest absolute Gasteiger partial charge is 0.490 e. The molecule has 0 bridgehead atoms. The van der Waals surface area contributed by atoms with Gasteiger partial charge in [0.15, 0.2) is 16.9 Å². The van der Waals surface area contributed by atoms with Crippen LogP contribution in [0.2, 0.25) is 0 Å². The number of hydrogen-bond acceptors (Lipinski definition) is 4. The van der Waals surface area contributed by atoms with Gasteiger partial charge in [-0.25, -0.2) is 0 Å². The van der Waals surface area contributed by atoms with Gasteiger partial charge in [-0.05, 0) is 47.9 Å². The van der Waals surface area contributed by atoms with Crippen LogP contribution in [0.3, 0.4) is 0 Å². The third-order valence-corrected chi connectivity index (χ3v) is 6.29. The molecule has 0 aliphatic carbocycles. The predicted molar refractivity (Wildman–Crippen MR) is 133 cm³/mol. The summed E-state index contributed by atoms with van der Waals surface area (Å²) in [5.41, 5.74) is 2.45. The van der Waals surface area contributed by atoms with Crippen molar-refractivity contribution in [2.45, 2.75) is 32.9 Å². The molecule has 0 saturated heterocycles. The Hall–Kier alpha value is -3.80. The van der Waals surface area contributed by atoms with Gasteiger partial charge in [0.2, 0.25) is 5.91 Å². The number of carbonyl (C=O) groups is 1. The molecule has 0 fully saturated rings. The van der Waals surface area contributed by atoms with Gasteiger partial charge in [-0.15, -0.1) is 0 Å². The second kappa shape index (κ2) is 9.21. The number of carbonyl (C=O) groups excluding carboxylic acids is 1. The summed E-state index contributed by atoms with van der Waals surface area (Å²) >= 11 is 0. The van der Waals surface area contributed by atoms with Crippen LogP contribution in [0.15, 0.2) is 71.5 Å². The lowest BCUT2D eigenvalue weighted by molar-refractivity contribution is -0.122. The lowest BCUT2D eigenvalue weighted by Gasteiger charge is -2.25. The summed E-state index contributed by atoms with van der Waals surface area (Å²) < 4.78 is 13.5. The molecule has 1 aliphatic rings. The Labute approximate surface area is 198 Å². The number of ether oxygens (including phenoxy) is 2. The van der Waals surface area contributed by atoms with Crippen LogP contribution in [-0.2, 0) is 11.3 Å². The normalized spacial score (nSPS) is 14.2. The molecular formula is C28H28N2O4. The number of aromatic nitrogens is 1. The second-order valence-electron chi connectivity index (χ2n) is 9.00. The molecule has 0 radical (unpaired) electrons. The zero-order valence-electron chi connectivity index (χ0n) is 19.4. The van der Waals surface area contributed by atoms with Crippen molar-refractivity contribution in [1.29, 1.82) is 0 Å². The zero-order valence-corrected chi connectivity index (χ0v) is 19.4. The number of fused-ring (bicyclic) bond motifs is 3. The number of rotatable bonds is 5. The van der Waals surface area contributed by atoms with E-state index in [0.29, 0.717) is 29.7 Å². The van der Waals surface area contributed by atoms with E-state index in [-0.39, 0.29) is 29.8 Å². The fourth-order valence-electron chi connectivity index (χ4n) is 4.62. The lowest BCUT2D eigenvalue weighted by atomic mass is 9.95. The maximum absolute atomic E-state index is 13.4. The highest BCUT2D eigenvalue weighted by molar-refractivity contribution is 5.94. The number of nitrogens with one attached hydrogen (secondary N) is 1. The molecule has 0 spiro atoms. The van der Waals surface area contributed by atoms with Crippen molar-refractivity contribution in [1.82, 2.24) is 9.88 Å². The van der Waals surface area contributed by atoms with Gasteiger partial charge in [-0.3, -0.25) is 9.59 Å². The summed E-state index contributed by atoms with van der Waals surface area (Å²) in [5, 5.41) is 4.43. The summed E-state index contributed by atoms with van der Waals surface area (Å²) in [7, 11) is 0.